The van der Waals surface area contributed by atoms with Gasteiger partial charge in [-0.05, 0) is 52.7 Å². The number of benzene rings is 2. The van der Waals surface area contributed by atoms with Gasteiger partial charge in [0.25, 0.3) is 0 Å². The summed E-state index contributed by atoms with van der Waals surface area (Å²) < 4.78 is 0.788. The lowest BCUT2D eigenvalue weighted by Gasteiger charge is -2.11. The molecule has 0 aliphatic rings. The monoisotopic (exact) mass is 320 g/mol. The molecule has 0 aromatic heterocycles. The van der Waals surface area contributed by atoms with Gasteiger partial charge in [0.1, 0.15) is 6.07 Å². The Morgan fingerprint density at radius 3 is 2.72 bits per heavy atom. The van der Waals surface area contributed by atoms with Gasteiger partial charge >= 0.3 is 0 Å². The number of anilines is 2. The van der Waals surface area contributed by atoms with Crippen LogP contribution in [0.3, 0.4) is 0 Å². The van der Waals surface area contributed by atoms with E-state index < -0.39 is 0 Å². The van der Waals surface area contributed by atoms with E-state index in [2.05, 4.69) is 27.3 Å². The van der Waals surface area contributed by atoms with Crippen LogP contribution in [-0.2, 0) is 0 Å². The van der Waals surface area contributed by atoms with E-state index in [9.17, 15) is 0 Å². The molecule has 2 aromatic carbocycles. The van der Waals surface area contributed by atoms with Crippen molar-refractivity contribution in [1.82, 2.24) is 0 Å². The van der Waals surface area contributed by atoms with E-state index in [1.54, 1.807) is 6.07 Å². The topological polar surface area (TPSA) is 35.8 Å². The van der Waals surface area contributed by atoms with E-state index in [1.165, 1.54) is 0 Å². The molecular formula is C14H10BrClN2. The van der Waals surface area contributed by atoms with Gasteiger partial charge < -0.3 is 5.32 Å². The number of halogens is 2. The molecule has 18 heavy (non-hydrogen) atoms. The number of hydrogen-bond donors (Lipinski definition) is 1. The van der Waals surface area contributed by atoms with Gasteiger partial charge in [-0.1, -0.05) is 23.7 Å². The van der Waals surface area contributed by atoms with Crippen LogP contribution in [-0.4, -0.2) is 0 Å². The minimum absolute atomic E-state index is 0.613. The normalized spacial score (nSPS) is 9.89. The fraction of sp³-hybridized carbons (Fsp3) is 0.0714. The van der Waals surface area contributed by atoms with Crippen LogP contribution in [0, 0.1) is 18.3 Å². The number of nitriles is 1. The molecule has 0 heterocycles. The van der Waals surface area contributed by atoms with E-state index in [0.29, 0.717) is 10.6 Å². The number of nitrogens with zero attached hydrogens (tertiary/aromatic N) is 1. The minimum atomic E-state index is 0.613. The van der Waals surface area contributed by atoms with Crippen LogP contribution in [0.4, 0.5) is 11.4 Å². The molecule has 0 unspecified atom stereocenters. The van der Waals surface area contributed by atoms with E-state index in [1.807, 2.05) is 37.3 Å². The summed E-state index contributed by atoms with van der Waals surface area (Å²) >= 11 is 9.45. The summed E-state index contributed by atoms with van der Waals surface area (Å²) in [5.74, 6) is 0. The van der Waals surface area contributed by atoms with Crippen molar-refractivity contribution in [3.8, 4) is 6.07 Å². The van der Waals surface area contributed by atoms with Crippen LogP contribution in [0.25, 0.3) is 0 Å². The maximum absolute atomic E-state index is 9.12. The molecule has 2 rings (SSSR count). The molecule has 0 bridgehead atoms. The molecule has 1 N–H and O–H groups in total. The number of hydrogen-bond acceptors (Lipinski definition) is 2. The van der Waals surface area contributed by atoms with Gasteiger partial charge in [-0.15, -0.1) is 0 Å². The minimum Gasteiger partial charge on any atom is -0.353 e. The van der Waals surface area contributed by atoms with E-state index >= 15 is 0 Å². The van der Waals surface area contributed by atoms with Gasteiger partial charge in [0.15, 0.2) is 0 Å². The summed E-state index contributed by atoms with van der Waals surface area (Å²) in [6.45, 7) is 1.96. The van der Waals surface area contributed by atoms with Crippen molar-refractivity contribution in [3.63, 3.8) is 0 Å². The zero-order valence-corrected chi connectivity index (χ0v) is 12.0. The Kier molecular flexibility index (Phi) is 3.90. The summed E-state index contributed by atoms with van der Waals surface area (Å²) in [4.78, 5) is 0. The zero-order valence-electron chi connectivity index (χ0n) is 9.67. The molecule has 0 atom stereocenters. The standard InChI is InChI=1S/C14H10BrClN2/c1-9-5-6-12(10(7-9)8-17)18-13-4-2-3-11(16)14(13)15/h2-7,18H,1H3. The Balaban J connectivity index is 2.41. The van der Waals surface area contributed by atoms with Crippen LogP contribution in [0.15, 0.2) is 40.9 Å². The lowest BCUT2D eigenvalue weighted by Crippen LogP contribution is -1.95. The first-order chi connectivity index (χ1) is 8.61. The smallest absolute Gasteiger partial charge is 0.101 e. The third-order valence-electron chi connectivity index (χ3n) is 2.52. The molecule has 0 fully saturated rings. The van der Waals surface area contributed by atoms with Crippen molar-refractivity contribution in [2.75, 3.05) is 5.32 Å². The fourth-order valence-corrected chi connectivity index (χ4v) is 2.14. The Hall–Kier alpha value is -1.50. The summed E-state index contributed by atoms with van der Waals surface area (Å²) in [7, 11) is 0. The largest absolute Gasteiger partial charge is 0.353 e. The molecule has 0 amide bonds. The first-order valence-electron chi connectivity index (χ1n) is 5.33. The molecular weight excluding hydrogens is 312 g/mol. The van der Waals surface area contributed by atoms with Gasteiger partial charge in [-0.25, -0.2) is 0 Å². The molecule has 4 heteroatoms. The van der Waals surface area contributed by atoms with Crippen LogP contribution < -0.4 is 5.32 Å². The highest BCUT2D eigenvalue weighted by Gasteiger charge is 2.07. The lowest BCUT2D eigenvalue weighted by molar-refractivity contribution is 1.40. The fourth-order valence-electron chi connectivity index (χ4n) is 1.61. The number of rotatable bonds is 2. The predicted molar refractivity (Wildman–Crippen MR) is 78.3 cm³/mol. The number of aryl methyl sites for hydroxylation is 1. The van der Waals surface area contributed by atoms with E-state index in [4.69, 9.17) is 16.9 Å². The van der Waals surface area contributed by atoms with Crippen LogP contribution in [0.2, 0.25) is 5.02 Å². The lowest BCUT2D eigenvalue weighted by atomic mass is 10.1. The Bertz CT molecular complexity index is 632. The summed E-state index contributed by atoms with van der Waals surface area (Å²) in [5.41, 5.74) is 3.28. The molecule has 2 nitrogen and oxygen atoms in total. The molecule has 0 aliphatic carbocycles. The Morgan fingerprint density at radius 2 is 2.00 bits per heavy atom. The van der Waals surface area contributed by atoms with Gasteiger partial charge in [0, 0.05) is 0 Å². The maximum atomic E-state index is 9.12. The molecule has 2 aromatic rings. The first kappa shape index (κ1) is 12.9. The average molecular weight is 322 g/mol. The summed E-state index contributed by atoms with van der Waals surface area (Å²) in [5, 5.41) is 13.0. The Labute approximate surface area is 119 Å². The quantitative estimate of drug-likeness (QED) is 0.842. The van der Waals surface area contributed by atoms with Gasteiger partial charge in [0.05, 0.1) is 26.4 Å². The third kappa shape index (κ3) is 2.66. The van der Waals surface area contributed by atoms with Crippen LogP contribution >= 0.6 is 27.5 Å². The molecule has 0 aliphatic heterocycles. The van der Waals surface area contributed by atoms with Crippen LogP contribution in [0.5, 0.6) is 0 Å². The second-order valence-corrected chi connectivity index (χ2v) is 5.09. The highest BCUT2D eigenvalue weighted by atomic mass is 79.9. The van der Waals surface area contributed by atoms with Crippen LogP contribution in [0.1, 0.15) is 11.1 Å². The van der Waals surface area contributed by atoms with Crippen molar-refractivity contribution >= 4 is 38.9 Å². The molecule has 90 valence electrons. The molecule has 0 radical (unpaired) electrons. The maximum Gasteiger partial charge on any atom is 0.101 e. The Morgan fingerprint density at radius 1 is 1.22 bits per heavy atom. The van der Waals surface area contributed by atoms with Crippen molar-refractivity contribution in [3.05, 3.63) is 57.0 Å². The zero-order chi connectivity index (χ0) is 13.1. The highest BCUT2D eigenvalue weighted by molar-refractivity contribution is 9.10. The average Bonchev–Trinajstić information content (AvgIpc) is 2.37. The predicted octanol–water partition coefficient (Wildman–Crippen LogP) is 5.03. The van der Waals surface area contributed by atoms with Gasteiger partial charge in [0.2, 0.25) is 0 Å². The van der Waals surface area contributed by atoms with Crippen molar-refractivity contribution in [2.45, 2.75) is 6.92 Å². The SMILES string of the molecule is Cc1ccc(Nc2cccc(Cl)c2Br)c(C#N)c1. The van der Waals surface area contributed by atoms with Crippen molar-refractivity contribution in [2.24, 2.45) is 0 Å². The molecule has 0 spiro atoms. The highest BCUT2D eigenvalue weighted by Crippen LogP contribution is 2.33. The third-order valence-corrected chi connectivity index (χ3v) is 3.91. The van der Waals surface area contributed by atoms with Gasteiger partial charge in [-0.2, -0.15) is 5.26 Å². The first-order valence-corrected chi connectivity index (χ1v) is 6.50. The number of nitrogens with one attached hydrogen (secondary N) is 1. The van der Waals surface area contributed by atoms with Gasteiger partial charge in [-0.3, -0.25) is 0 Å². The molecule has 0 saturated heterocycles. The molecule has 0 saturated carbocycles. The van der Waals surface area contributed by atoms with Crippen molar-refractivity contribution in [1.29, 1.82) is 5.26 Å². The summed E-state index contributed by atoms with van der Waals surface area (Å²) in [6, 6.07) is 13.4. The second kappa shape index (κ2) is 5.43. The summed E-state index contributed by atoms with van der Waals surface area (Å²) in [6.07, 6.45) is 0. The van der Waals surface area contributed by atoms with Crippen molar-refractivity contribution < 1.29 is 0 Å². The van der Waals surface area contributed by atoms with E-state index in [0.717, 1.165) is 21.4 Å². The van der Waals surface area contributed by atoms with E-state index in [-0.39, 0.29) is 0 Å². The second-order valence-electron chi connectivity index (χ2n) is 3.89.